The highest BCUT2D eigenvalue weighted by Gasteiger charge is 2.24. The van der Waals surface area contributed by atoms with Gasteiger partial charge in [0.25, 0.3) is 5.56 Å². The second kappa shape index (κ2) is 8.77. The number of aromatic nitrogens is 3. The molecule has 2 N–H and O–H groups in total. The molecule has 0 bridgehead atoms. The van der Waals surface area contributed by atoms with Gasteiger partial charge in [-0.15, -0.1) is 11.3 Å². The summed E-state index contributed by atoms with van der Waals surface area (Å²) in [6.45, 7) is 2.03. The highest BCUT2D eigenvalue weighted by molar-refractivity contribution is 8.00. The maximum Gasteiger partial charge on any atom is 0.251 e. The van der Waals surface area contributed by atoms with Gasteiger partial charge in [0.15, 0.2) is 10.3 Å². The first-order chi connectivity index (χ1) is 12.7. The Kier molecular flexibility index (Phi) is 6.19. The third-order valence-electron chi connectivity index (χ3n) is 3.51. The highest BCUT2D eigenvalue weighted by atomic mass is 32.2. The van der Waals surface area contributed by atoms with E-state index in [2.05, 4.69) is 20.3 Å². The number of rotatable bonds is 7. The Morgan fingerprint density at radius 2 is 2.15 bits per heavy atom. The summed E-state index contributed by atoms with van der Waals surface area (Å²) < 4.78 is 0. The molecule has 8 heteroatoms. The van der Waals surface area contributed by atoms with Crippen LogP contribution >= 0.6 is 23.1 Å². The van der Waals surface area contributed by atoms with E-state index in [1.807, 2.05) is 37.3 Å². The molecular formula is C18H18N4O2S2. The lowest BCUT2D eigenvalue weighted by molar-refractivity contribution is -0.115. The number of nitrogens with one attached hydrogen (secondary N) is 2. The van der Waals surface area contributed by atoms with E-state index in [0.717, 1.165) is 24.1 Å². The third-order valence-corrected chi connectivity index (χ3v) is 5.34. The van der Waals surface area contributed by atoms with Crippen LogP contribution in [0.4, 0.5) is 5.13 Å². The average Bonchev–Trinajstić information content (AvgIpc) is 3.13. The molecule has 0 saturated heterocycles. The molecular weight excluding hydrogens is 368 g/mol. The lowest BCUT2D eigenvalue weighted by Crippen LogP contribution is -2.20. The topological polar surface area (TPSA) is 87.7 Å². The summed E-state index contributed by atoms with van der Waals surface area (Å²) in [4.78, 5) is 36.0. The van der Waals surface area contributed by atoms with Crippen LogP contribution in [0.1, 0.15) is 29.9 Å². The van der Waals surface area contributed by atoms with Crippen molar-refractivity contribution in [1.82, 2.24) is 15.0 Å². The van der Waals surface area contributed by atoms with Gasteiger partial charge in [0.2, 0.25) is 5.91 Å². The van der Waals surface area contributed by atoms with Gasteiger partial charge >= 0.3 is 0 Å². The van der Waals surface area contributed by atoms with E-state index in [1.165, 1.54) is 29.2 Å². The van der Waals surface area contributed by atoms with Crippen molar-refractivity contribution in [2.75, 3.05) is 5.32 Å². The number of aromatic amines is 1. The molecule has 0 radical (unpaired) electrons. The fourth-order valence-electron chi connectivity index (χ4n) is 2.39. The van der Waals surface area contributed by atoms with Crippen molar-refractivity contribution in [3.05, 3.63) is 69.6 Å². The van der Waals surface area contributed by atoms with Crippen molar-refractivity contribution in [3.8, 4) is 0 Å². The molecule has 2 aromatic heterocycles. The Hall–Kier alpha value is -2.45. The van der Waals surface area contributed by atoms with Crippen molar-refractivity contribution >= 4 is 34.1 Å². The Bertz CT molecular complexity index is 910. The number of nitrogens with zero attached hydrogens (tertiary/aromatic N) is 2. The molecule has 3 aromatic rings. The summed E-state index contributed by atoms with van der Waals surface area (Å²) in [6.07, 6.45) is 3.25. The maximum atomic E-state index is 12.8. The summed E-state index contributed by atoms with van der Waals surface area (Å²) in [6, 6.07) is 10.9. The molecule has 1 aromatic carbocycles. The van der Waals surface area contributed by atoms with E-state index in [-0.39, 0.29) is 11.5 Å². The number of thiazole rings is 1. The number of H-pyrrole nitrogens is 1. The van der Waals surface area contributed by atoms with Crippen molar-refractivity contribution in [2.24, 2.45) is 0 Å². The summed E-state index contributed by atoms with van der Waals surface area (Å²) in [5.41, 5.74) is 1.35. The molecule has 3 rings (SSSR count). The molecule has 1 atom stereocenters. The number of aryl methyl sites for hydroxylation is 1. The summed E-state index contributed by atoms with van der Waals surface area (Å²) in [7, 11) is 0. The zero-order valence-corrected chi connectivity index (χ0v) is 15.8. The minimum absolute atomic E-state index is 0.209. The molecule has 0 spiro atoms. The van der Waals surface area contributed by atoms with Gasteiger partial charge in [0.05, 0.1) is 0 Å². The Labute approximate surface area is 159 Å². The number of amides is 1. The van der Waals surface area contributed by atoms with Gasteiger partial charge < -0.3 is 10.3 Å². The lowest BCUT2D eigenvalue weighted by atomic mass is 10.1. The first kappa shape index (κ1) is 18.3. The van der Waals surface area contributed by atoms with E-state index < -0.39 is 5.25 Å². The summed E-state index contributed by atoms with van der Waals surface area (Å²) in [5, 5.41) is 5.04. The largest absolute Gasteiger partial charge is 0.301 e. The minimum atomic E-state index is -0.555. The highest BCUT2D eigenvalue weighted by Crippen LogP contribution is 2.34. The summed E-state index contributed by atoms with van der Waals surface area (Å²) in [5.74, 6) is -0.209. The normalized spacial score (nSPS) is 11.9. The van der Waals surface area contributed by atoms with Crippen LogP contribution in [0, 0.1) is 0 Å². The zero-order chi connectivity index (χ0) is 18.4. The SMILES string of the molecule is CCCc1cc(=O)[nH]c(S[C@@H](C(=O)Nc2nccs2)c2ccccc2)n1. The van der Waals surface area contributed by atoms with Gasteiger partial charge in [0.1, 0.15) is 5.25 Å². The number of anilines is 1. The van der Waals surface area contributed by atoms with E-state index >= 15 is 0 Å². The second-order valence-electron chi connectivity index (χ2n) is 5.53. The predicted octanol–water partition coefficient (Wildman–Crippen LogP) is 3.65. The lowest BCUT2D eigenvalue weighted by Gasteiger charge is -2.15. The van der Waals surface area contributed by atoms with Crippen LogP contribution in [-0.2, 0) is 11.2 Å². The number of benzene rings is 1. The maximum absolute atomic E-state index is 12.8. The van der Waals surface area contributed by atoms with Crippen LogP contribution in [0.5, 0.6) is 0 Å². The van der Waals surface area contributed by atoms with Crippen LogP contribution in [-0.4, -0.2) is 20.9 Å². The second-order valence-corrected chi connectivity index (χ2v) is 7.52. The van der Waals surface area contributed by atoms with Crippen molar-refractivity contribution < 1.29 is 4.79 Å². The van der Waals surface area contributed by atoms with E-state index in [0.29, 0.717) is 10.3 Å². The Morgan fingerprint density at radius 3 is 2.85 bits per heavy atom. The first-order valence-corrected chi connectivity index (χ1v) is 9.94. The van der Waals surface area contributed by atoms with Crippen LogP contribution in [0.2, 0.25) is 0 Å². The molecule has 0 fully saturated rings. The van der Waals surface area contributed by atoms with Crippen LogP contribution in [0.15, 0.2) is 57.9 Å². The fourth-order valence-corrected chi connectivity index (χ4v) is 3.94. The van der Waals surface area contributed by atoms with E-state index in [4.69, 9.17) is 0 Å². The van der Waals surface area contributed by atoms with Gasteiger partial charge in [-0.2, -0.15) is 0 Å². The van der Waals surface area contributed by atoms with Gasteiger partial charge in [-0.1, -0.05) is 55.4 Å². The molecule has 0 aliphatic rings. The molecule has 0 aliphatic heterocycles. The molecule has 2 heterocycles. The van der Waals surface area contributed by atoms with Gasteiger partial charge in [-0.25, -0.2) is 9.97 Å². The standard InChI is InChI=1S/C18H18N4O2S2/c1-2-6-13-11-14(23)21-18(20-13)26-15(12-7-4-3-5-8-12)16(24)22-17-19-9-10-25-17/h3-5,7-11,15H,2,6H2,1H3,(H,19,22,24)(H,20,21,23)/t15-/m1/s1. The number of carbonyl (C=O) groups is 1. The monoisotopic (exact) mass is 386 g/mol. The molecule has 0 unspecified atom stereocenters. The molecule has 6 nitrogen and oxygen atoms in total. The number of hydrogen-bond donors (Lipinski definition) is 2. The zero-order valence-electron chi connectivity index (χ0n) is 14.1. The van der Waals surface area contributed by atoms with Gasteiger partial charge in [0, 0.05) is 23.3 Å². The van der Waals surface area contributed by atoms with Crippen LogP contribution in [0.3, 0.4) is 0 Å². The van der Waals surface area contributed by atoms with Gasteiger partial charge in [-0.05, 0) is 12.0 Å². The molecule has 26 heavy (non-hydrogen) atoms. The van der Waals surface area contributed by atoms with Gasteiger partial charge in [-0.3, -0.25) is 9.59 Å². The van der Waals surface area contributed by atoms with Crippen LogP contribution in [0.25, 0.3) is 0 Å². The molecule has 0 aliphatic carbocycles. The van der Waals surface area contributed by atoms with E-state index in [9.17, 15) is 9.59 Å². The smallest absolute Gasteiger partial charge is 0.251 e. The van der Waals surface area contributed by atoms with Crippen LogP contribution < -0.4 is 10.9 Å². The van der Waals surface area contributed by atoms with Crippen molar-refractivity contribution in [2.45, 2.75) is 30.2 Å². The Balaban J connectivity index is 1.89. The summed E-state index contributed by atoms with van der Waals surface area (Å²) >= 11 is 2.58. The number of thioether (sulfide) groups is 1. The molecule has 1 amide bonds. The minimum Gasteiger partial charge on any atom is -0.301 e. The third kappa shape index (κ3) is 4.80. The Morgan fingerprint density at radius 1 is 1.35 bits per heavy atom. The quantitative estimate of drug-likeness (QED) is 0.478. The number of carbonyl (C=O) groups excluding carboxylic acids is 1. The van der Waals surface area contributed by atoms with E-state index in [1.54, 1.807) is 11.6 Å². The van der Waals surface area contributed by atoms with Crippen molar-refractivity contribution in [1.29, 1.82) is 0 Å². The fraction of sp³-hybridized carbons (Fsp3) is 0.222. The first-order valence-electron chi connectivity index (χ1n) is 8.18. The predicted molar refractivity (Wildman–Crippen MR) is 105 cm³/mol. The molecule has 0 saturated carbocycles. The average molecular weight is 387 g/mol. The molecule has 134 valence electrons. The number of hydrogen-bond acceptors (Lipinski definition) is 6. The van der Waals surface area contributed by atoms with Crippen molar-refractivity contribution in [3.63, 3.8) is 0 Å².